The monoisotopic (exact) mass is 223 g/mol. The lowest BCUT2D eigenvalue weighted by Gasteiger charge is -2.05. The van der Waals surface area contributed by atoms with E-state index in [1.807, 2.05) is 0 Å². The zero-order valence-electron chi connectivity index (χ0n) is 7.92. The number of carboxylic acids is 1. The van der Waals surface area contributed by atoms with Crippen LogP contribution in [0.25, 0.3) is 0 Å². The molecule has 1 aromatic rings. The number of rotatable bonds is 2. The van der Waals surface area contributed by atoms with Crippen LogP contribution < -0.4 is 0 Å². The largest absolute Gasteiger partial charge is 0.474 e. The van der Waals surface area contributed by atoms with E-state index >= 15 is 0 Å². The fraction of sp³-hybridized carbons (Fsp3) is 0.500. The van der Waals surface area contributed by atoms with Crippen LogP contribution in [0.15, 0.2) is 4.42 Å². The fourth-order valence-electron chi connectivity index (χ4n) is 1.02. The van der Waals surface area contributed by atoms with E-state index in [2.05, 4.69) is 9.40 Å². The average Bonchev–Trinajstić information content (AvgIpc) is 2.45. The minimum Gasteiger partial charge on any atom is -0.474 e. The second kappa shape index (κ2) is 3.56. The van der Waals surface area contributed by atoms with Crippen molar-refractivity contribution < 1.29 is 27.5 Å². The summed E-state index contributed by atoms with van der Waals surface area (Å²) in [5.74, 6) is -4.45. The van der Waals surface area contributed by atoms with Crippen LogP contribution in [0.1, 0.15) is 41.9 Å². The second-order valence-corrected chi connectivity index (χ2v) is 3.19. The number of alkyl halides is 3. The van der Waals surface area contributed by atoms with Crippen LogP contribution in [-0.2, 0) is 6.18 Å². The average molecular weight is 223 g/mol. The van der Waals surface area contributed by atoms with Crippen molar-refractivity contribution in [2.24, 2.45) is 0 Å². The molecule has 1 heterocycles. The standard InChI is InChI=1S/C8H8F3NO3/c1-3(2)4-5(8(9,10)11)15-6(12-4)7(13)14/h3H,1-2H3,(H,13,14). The van der Waals surface area contributed by atoms with Gasteiger partial charge < -0.3 is 9.52 Å². The quantitative estimate of drug-likeness (QED) is 0.836. The molecule has 84 valence electrons. The lowest BCUT2D eigenvalue weighted by atomic mass is 10.1. The molecule has 0 aliphatic rings. The van der Waals surface area contributed by atoms with E-state index in [0.29, 0.717) is 0 Å². The van der Waals surface area contributed by atoms with E-state index < -0.39 is 29.7 Å². The summed E-state index contributed by atoms with van der Waals surface area (Å²) in [6.45, 7) is 2.94. The number of halogens is 3. The highest BCUT2D eigenvalue weighted by Gasteiger charge is 2.40. The third kappa shape index (κ3) is 2.28. The Kier molecular flexibility index (Phi) is 2.74. The topological polar surface area (TPSA) is 63.3 Å². The van der Waals surface area contributed by atoms with Crippen molar-refractivity contribution in [3.05, 3.63) is 17.3 Å². The molecule has 0 aliphatic carbocycles. The molecule has 0 aliphatic heterocycles. The van der Waals surface area contributed by atoms with Gasteiger partial charge in [0.15, 0.2) is 0 Å². The molecule has 0 amide bonds. The summed E-state index contributed by atoms with van der Waals surface area (Å²) >= 11 is 0. The summed E-state index contributed by atoms with van der Waals surface area (Å²) in [7, 11) is 0. The van der Waals surface area contributed by atoms with Crippen LogP contribution in [0.3, 0.4) is 0 Å². The molecular weight excluding hydrogens is 215 g/mol. The van der Waals surface area contributed by atoms with Crippen LogP contribution in [0, 0.1) is 0 Å². The van der Waals surface area contributed by atoms with E-state index in [4.69, 9.17) is 5.11 Å². The Balaban J connectivity index is 3.30. The molecule has 0 spiro atoms. The van der Waals surface area contributed by atoms with Crippen molar-refractivity contribution in [1.82, 2.24) is 4.98 Å². The van der Waals surface area contributed by atoms with E-state index in [-0.39, 0.29) is 5.69 Å². The van der Waals surface area contributed by atoms with Gasteiger partial charge in [-0.25, -0.2) is 9.78 Å². The number of aromatic carboxylic acids is 1. The second-order valence-electron chi connectivity index (χ2n) is 3.19. The Morgan fingerprint density at radius 1 is 1.47 bits per heavy atom. The van der Waals surface area contributed by atoms with Crippen LogP contribution in [0.4, 0.5) is 13.2 Å². The molecule has 0 fully saturated rings. The Morgan fingerprint density at radius 3 is 2.27 bits per heavy atom. The van der Waals surface area contributed by atoms with Crippen molar-refractivity contribution in [3.8, 4) is 0 Å². The maximum atomic E-state index is 12.4. The highest BCUT2D eigenvalue weighted by atomic mass is 19.4. The van der Waals surface area contributed by atoms with Gasteiger partial charge >= 0.3 is 18.0 Å². The van der Waals surface area contributed by atoms with Crippen LogP contribution in [0.5, 0.6) is 0 Å². The van der Waals surface area contributed by atoms with E-state index in [9.17, 15) is 18.0 Å². The number of carbonyl (C=O) groups is 1. The molecule has 1 rings (SSSR count). The molecule has 0 saturated carbocycles. The lowest BCUT2D eigenvalue weighted by Crippen LogP contribution is -2.08. The van der Waals surface area contributed by atoms with E-state index in [0.717, 1.165) is 0 Å². The molecule has 7 heteroatoms. The number of aromatic nitrogens is 1. The number of hydrogen-bond acceptors (Lipinski definition) is 3. The normalized spacial score (nSPS) is 12.1. The van der Waals surface area contributed by atoms with Crippen molar-refractivity contribution in [3.63, 3.8) is 0 Å². The van der Waals surface area contributed by atoms with Crippen molar-refractivity contribution in [2.45, 2.75) is 25.9 Å². The maximum Gasteiger partial charge on any atom is 0.451 e. The van der Waals surface area contributed by atoms with E-state index in [1.165, 1.54) is 13.8 Å². The van der Waals surface area contributed by atoms with Gasteiger partial charge in [0, 0.05) is 0 Å². The van der Waals surface area contributed by atoms with Gasteiger partial charge in [0.2, 0.25) is 5.76 Å². The number of carboxylic acid groups (broad SMARTS) is 1. The Bertz CT molecular complexity index is 381. The summed E-state index contributed by atoms with van der Waals surface area (Å²) in [5, 5.41) is 8.45. The molecule has 0 unspecified atom stereocenters. The third-order valence-corrected chi connectivity index (χ3v) is 1.64. The molecular formula is C8H8F3NO3. The molecule has 0 saturated heterocycles. The van der Waals surface area contributed by atoms with Crippen molar-refractivity contribution in [2.75, 3.05) is 0 Å². The van der Waals surface area contributed by atoms with Crippen molar-refractivity contribution >= 4 is 5.97 Å². The molecule has 0 atom stereocenters. The first-order valence-corrected chi connectivity index (χ1v) is 4.04. The summed E-state index contributed by atoms with van der Waals surface area (Å²) in [6.07, 6.45) is -4.72. The Hall–Kier alpha value is -1.53. The fourth-order valence-corrected chi connectivity index (χ4v) is 1.02. The molecule has 4 nitrogen and oxygen atoms in total. The summed E-state index contributed by atoms with van der Waals surface area (Å²) in [5.41, 5.74) is -0.389. The first-order valence-electron chi connectivity index (χ1n) is 4.04. The first kappa shape index (κ1) is 11.5. The van der Waals surface area contributed by atoms with Gasteiger partial charge in [-0.3, -0.25) is 0 Å². The Labute approximate surface area is 82.7 Å². The van der Waals surface area contributed by atoms with Crippen molar-refractivity contribution in [1.29, 1.82) is 0 Å². The van der Waals surface area contributed by atoms with Crippen LogP contribution >= 0.6 is 0 Å². The first-order chi connectivity index (χ1) is 6.73. The SMILES string of the molecule is CC(C)c1nc(C(=O)O)oc1C(F)(F)F. The van der Waals surface area contributed by atoms with Crippen LogP contribution in [-0.4, -0.2) is 16.1 Å². The number of oxazole rings is 1. The van der Waals surface area contributed by atoms with Gasteiger partial charge in [-0.2, -0.15) is 13.2 Å². The number of nitrogens with zero attached hydrogens (tertiary/aromatic N) is 1. The molecule has 15 heavy (non-hydrogen) atoms. The zero-order chi connectivity index (χ0) is 11.8. The molecule has 1 aromatic heterocycles. The molecule has 1 N–H and O–H groups in total. The smallest absolute Gasteiger partial charge is 0.451 e. The maximum absolute atomic E-state index is 12.4. The van der Waals surface area contributed by atoms with E-state index in [1.54, 1.807) is 0 Å². The van der Waals surface area contributed by atoms with Gasteiger partial charge in [0.1, 0.15) is 0 Å². The van der Waals surface area contributed by atoms with Gasteiger partial charge in [-0.15, -0.1) is 0 Å². The highest BCUT2D eigenvalue weighted by molar-refractivity contribution is 5.82. The minimum absolute atomic E-state index is 0.389. The Morgan fingerprint density at radius 2 is 2.00 bits per heavy atom. The molecule has 0 bridgehead atoms. The predicted octanol–water partition coefficient (Wildman–Crippen LogP) is 2.52. The predicted molar refractivity (Wildman–Crippen MR) is 42.6 cm³/mol. The van der Waals surface area contributed by atoms with Gasteiger partial charge in [0.25, 0.3) is 0 Å². The zero-order valence-corrected chi connectivity index (χ0v) is 7.92. The summed E-state index contributed by atoms with van der Waals surface area (Å²) < 4.78 is 41.2. The number of hydrogen-bond donors (Lipinski definition) is 1. The summed E-state index contributed by atoms with van der Waals surface area (Å²) in [6, 6.07) is 0. The highest BCUT2D eigenvalue weighted by Crippen LogP contribution is 2.35. The van der Waals surface area contributed by atoms with Crippen LogP contribution in [0.2, 0.25) is 0 Å². The summed E-state index contributed by atoms with van der Waals surface area (Å²) in [4.78, 5) is 13.7. The molecule has 0 radical (unpaired) electrons. The van der Waals surface area contributed by atoms with Gasteiger partial charge in [-0.1, -0.05) is 13.8 Å². The molecule has 0 aromatic carbocycles. The van der Waals surface area contributed by atoms with Gasteiger partial charge in [-0.05, 0) is 5.92 Å². The minimum atomic E-state index is -4.72. The third-order valence-electron chi connectivity index (χ3n) is 1.64. The lowest BCUT2D eigenvalue weighted by molar-refractivity contribution is -0.154. The van der Waals surface area contributed by atoms with Gasteiger partial charge in [0.05, 0.1) is 5.69 Å².